The molecule has 1 aromatic heterocycles. The molecule has 0 aliphatic carbocycles. The van der Waals surface area contributed by atoms with Crippen molar-refractivity contribution in [1.29, 1.82) is 0 Å². The summed E-state index contributed by atoms with van der Waals surface area (Å²) in [5, 5.41) is 5.10. The van der Waals surface area contributed by atoms with Gasteiger partial charge in [-0.1, -0.05) is 42.2 Å². The highest BCUT2D eigenvalue weighted by Gasteiger charge is 2.34. The number of thioether (sulfide) groups is 1. The molecule has 2 N–H and O–H groups in total. The van der Waals surface area contributed by atoms with Gasteiger partial charge in [-0.3, -0.25) is 14.7 Å². The van der Waals surface area contributed by atoms with Gasteiger partial charge in [-0.25, -0.2) is 13.6 Å². The minimum atomic E-state index is -4.55. The Morgan fingerprint density at radius 3 is 2.55 bits per heavy atom. The lowest BCUT2D eigenvalue weighted by Crippen LogP contribution is -2.27. The largest absolute Gasteiger partial charge is 0.433 e. The monoisotopic (exact) mass is 459 g/mol. The molecule has 0 atom stereocenters. The number of thiocarbonyl (C=S) groups is 1. The Labute approximate surface area is 173 Å². The number of halogens is 3. The van der Waals surface area contributed by atoms with E-state index in [-0.39, 0.29) is 20.7 Å². The second-order valence-electron chi connectivity index (χ2n) is 5.93. The number of hydrogen-bond acceptors (Lipinski definition) is 6. The topological polar surface area (TPSA) is 93.4 Å². The fourth-order valence-electron chi connectivity index (χ4n) is 2.44. The first-order valence-corrected chi connectivity index (χ1v) is 10.6. The highest BCUT2D eigenvalue weighted by molar-refractivity contribution is 8.26. The average molecular weight is 459 g/mol. The molecule has 1 fully saturated rings. The van der Waals surface area contributed by atoms with Crippen molar-refractivity contribution in [3.8, 4) is 0 Å². The van der Waals surface area contributed by atoms with Crippen LogP contribution in [0.5, 0.6) is 0 Å². The van der Waals surface area contributed by atoms with Crippen molar-refractivity contribution in [2.24, 2.45) is 5.14 Å². The number of nitrogens with zero attached hydrogens (tertiary/aromatic N) is 2. The number of pyridine rings is 1. The summed E-state index contributed by atoms with van der Waals surface area (Å²) in [5.41, 5.74) is -0.207. The fourth-order valence-corrected chi connectivity index (χ4v) is 4.26. The Balaban J connectivity index is 1.80. The molecule has 0 spiro atoms. The maximum atomic E-state index is 12.6. The van der Waals surface area contributed by atoms with Crippen molar-refractivity contribution in [2.45, 2.75) is 17.6 Å². The second-order valence-corrected chi connectivity index (χ2v) is 9.17. The summed E-state index contributed by atoms with van der Waals surface area (Å²) in [4.78, 5) is 17.4. The molecule has 6 nitrogen and oxygen atoms in total. The van der Waals surface area contributed by atoms with Crippen LogP contribution in [0.2, 0.25) is 0 Å². The van der Waals surface area contributed by atoms with Crippen molar-refractivity contribution >= 4 is 50.3 Å². The quantitative estimate of drug-likeness (QED) is 0.558. The van der Waals surface area contributed by atoms with Crippen molar-refractivity contribution in [2.75, 3.05) is 0 Å². The van der Waals surface area contributed by atoms with Gasteiger partial charge in [0.05, 0.1) is 16.3 Å². The molecule has 1 aliphatic rings. The maximum Gasteiger partial charge on any atom is 0.433 e. The second kappa shape index (κ2) is 7.86. The summed E-state index contributed by atoms with van der Waals surface area (Å²) in [6.07, 6.45) is -2.03. The van der Waals surface area contributed by atoms with Gasteiger partial charge < -0.3 is 0 Å². The van der Waals surface area contributed by atoms with Gasteiger partial charge in [0.1, 0.15) is 10.0 Å². The number of primary sulfonamides is 1. The Hall–Kier alpha value is -2.28. The zero-order valence-electron chi connectivity index (χ0n) is 14.4. The minimum Gasteiger partial charge on any atom is -0.288 e. The standard InChI is InChI=1S/C17H12F3N3O3S3/c18-17(19,20)14-5-4-11(8-22-14)9-23-15(24)13(28-16(23)27)7-10-2-1-3-12(6-10)29(21,25)26/h1-8H,9H2,(H2,21,25,26)/b13-7-. The number of rotatable bonds is 4. The highest BCUT2D eigenvalue weighted by Crippen LogP contribution is 2.34. The summed E-state index contributed by atoms with van der Waals surface area (Å²) in [7, 11) is -3.89. The van der Waals surface area contributed by atoms with E-state index in [4.69, 9.17) is 17.4 Å². The molecule has 1 aromatic carbocycles. The van der Waals surface area contributed by atoms with Gasteiger partial charge in [-0.2, -0.15) is 13.2 Å². The molecule has 12 heteroatoms. The van der Waals surface area contributed by atoms with E-state index in [1.165, 1.54) is 35.2 Å². The van der Waals surface area contributed by atoms with E-state index in [9.17, 15) is 26.4 Å². The summed E-state index contributed by atoms with van der Waals surface area (Å²) < 4.78 is 61.0. The van der Waals surface area contributed by atoms with Crippen molar-refractivity contribution in [3.63, 3.8) is 0 Å². The van der Waals surface area contributed by atoms with Crippen LogP contribution in [0.3, 0.4) is 0 Å². The minimum absolute atomic E-state index is 0.0373. The zero-order chi connectivity index (χ0) is 21.4. The lowest BCUT2D eigenvalue weighted by molar-refractivity contribution is -0.141. The number of carbonyl (C=O) groups is 1. The molecular formula is C17H12F3N3O3S3. The molecule has 3 rings (SSSR count). The van der Waals surface area contributed by atoms with E-state index in [1.807, 2.05) is 0 Å². The lowest BCUT2D eigenvalue weighted by atomic mass is 10.2. The first kappa shape index (κ1) is 21.4. The number of nitrogens with two attached hydrogens (primary N) is 1. The summed E-state index contributed by atoms with van der Waals surface area (Å²) in [5.74, 6) is -0.444. The van der Waals surface area contributed by atoms with Crippen molar-refractivity contribution in [1.82, 2.24) is 9.88 Å². The lowest BCUT2D eigenvalue weighted by Gasteiger charge is -2.14. The Kier molecular flexibility index (Phi) is 5.81. The van der Waals surface area contributed by atoms with Gasteiger partial charge in [0.25, 0.3) is 5.91 Å². The molecule has 152 valence electrons. The summed E-state index contributed by atoms with van der Waals surface area (Å²) >= 11 is 6.20. The van der Waals surface area contributed by atoms with Crippen LogP contribution in [0.15, 0.2) is 52.4 Å². The molecule has 1 saturated heterocycles. The third kappa shape index (κ3) is 5.01. The third-order valence-corrected chi connectivity index (χ3v) is 6.10. The molecule has 2 heterocycles. The molecule has 0 radical (unpaired) electrons. The predicted octanol–water partition coefficient (Wildman–Crippen LogP) is 3.15. The smallest absolute Gasteiger partial charge is 0.288 e. The molecular weight excluding hydrogens is 447 g/mol. The van der Waals surface area contributed by atoms with Crippen LogP contribution in [-0.4, -0.2) is 28.5 Å². The Morgan fingerprint density at radius 2 is 1.97 bits per heavy atom. The van der Waals surface area contributed by atoms with Gasteiger partial charge in [0.15, 0.2) is 0 Å². The van der Waals surface area contributed by atoms with Crippen LogP contribution in [0.25, 0.3) is 6.08 Å². The van der Waals surface area contributed by atoms with Gasteiger partial charge >= 0.3 is 6.18 Å². The number of alkyl halides is 3. The number of sulfonamides is 1. The first-order valence-electron chi connectivity index (χ1n) is 7.85. The summed E-state index contributed by atoms with van der Waals surface area (Å²) in [6, 6.07) is 7.80. The van der Waals surface area contributed by atoms with Crippen LogP contribution in [-0.2, 0) is 27.5 Å². The SMILES string of the molecule is NS(=O)(=O)c1cccc(/C=C2\SC(=S)N(Cc3ccc(C(F)(F)F)nc3)C2=O)c1. The molecule has 0 saturated carbocycles. The zero-order valence-corrected chi connectivity index (χ0v) is 16.8. The normalized spacial score (nSPS) is 16.7. The number of aromatic nitrogens is 1. The van der Waals surface area contributed by atoms with Gasteiger partial charge in [0.2, 0.25) is 10.0 Å². The number of hydrogen-bond donors (Lipinski definition) is 1. The molecule has 1 aliphatic heterocycles. The van der Waals surface area contributed by atoms with E-state index < -0.39 is 27.8 Å². The van der Waals surface area contributed by atoms with Crippen LogP contribution >= 0.6 is 24.0 Å². The van der Waals surface area contributed by atoms with Crippen LogP contribution < -0.4 is 5.14 Å². The summed E-state index contributed by atoms with van der Waals surface area (Å²) in [6.45, 7) is -0.0373. The molecule has 0 unspecified atom stereocenters. The third-order valence-electron chi connectivity index (χ3n) is 3.81. The molecule has 0 bridgehead atoms. The van der Waals surface area contributed by atoms with E-state index in [2.05, 4.69) is 4.98 Å². The number of carbonyl (C=O) groups excluding carboxylic acids is 1. The van der Waals surface area contributed by atoms with Gasteiger partial charge in [0, 0.05) is 6.20 Å². The van der Waals surface area contributed by atoms with Crippen LogP contribution in [0.4, 0.5) is 13.2 Å². The van der Waals surface area contributed by atoms with E-state index >= 15 is 0 Å². The molecule has 1 amide bonds. The van der Waals surface area contributed by atoms with Crippen LogP contribution in [0.1, 0.15) is 16.8 Å². The van der Waals surface area contributed by atoms with Gasteiger partial charge in [-0.05, 0) is 35.4 Å². The molecule has 29 heavy (non-hydrogen) atoms. The Bertz CT molecular complexity index is 1110. The van der Waals surface area contributed by atoms with E-state index in [0.717, 1.165) is 24.0 Å². The van der Waals surface area contributed by atoms with Gasteiger partial charge in [-0.15, -0.1) is 0 Å². The van der Waals surface area contributed by atoms with Crippen molar-refractivity contribution in [3.05, 3.63) is 64.3 Å². The Morgan fingerprint density at radius 1 is 1.24 bits per heavy atom. The van der Waals surface area contributed by atoms with Crippen LogP contribution in [0, 0.1) is 0 Å². The number of amides is 1. The number of benzene rings is 1. The highest BCUT2D eigenvalue weighted by atomic mass is 32.2. The predicted molar refractivity (Wildman–Crippen MR) is 106 cm³/mol. The van der Waals surface area contributed by atoms with E-state index in [0.29, 0.717) is 11.1 Å². The van der Waals surface area contributed by atoms with E-state index in [1.54, 1.807) is 6.07 Å². The van der Waals surface area contributed by atoms with Crippen molar-refractivity contribution < 1.29 is 26.4 Å². The molecule has 2 aromatic rings. The maximum absolute atomic E-state index is 12.6. The average Bonchev–Trinajstić information content (AvgIpc) is 2.88. The first-order chi connectivity index (χ1) is 13.4. The fraction of sp³-hybridized carbons (Fsp3) is 0.118.